The highest BCUT2D eigenvalue weighted by Gasteiger charge is 2.35. The molecule has 3 nitrogen and oxygen atoms in total. The molecule has 1 aliphatic carbocycles. The van der Waals surface area contributed by atoms with E-state index >= 15 is 0 Å². The standard InChI is InChI=1S/C14H21NO2S/c1-10-8-12(14(15)6-4-5-7-14)13(9-11(10)2)18(3,16)17/h8-9H,4-7,15H2,1-3H3. The van der Waals surface area contributed by atoms with E-state index in [-0.39, 0.29) is 0 Å². The van der Waals surface area contributed by atoms with Gasteiger partial charge in [-0.2, -0.15) is 0 Å². The highest BCUT2D eigenvalue weighted by Crippen LogP contribution is 2.40. The molecule has 0 aromatic heterocycles. The summed E-state index contributed by atoms with van der Waals surface area (Å²) in [4.78, 5) is 0.412. The van der Waals surface area contributed by atoms with Crippen molar-refractivity contribution in [1.29, 1.82) is 0 Å². The van der Waals surface area contributed by atoms with Crippen LogP contribution in [0.5, 0.6) is 0 Å². The van der Waals surface area contributed by atoms with E-state index in [4.69, 9.17) is 5.73 Å². The molecule has 4 heteroatoms. The third-order valence-electron chi connectivity index (χ3n) is 4.03. The zero-order valence-corrected chi connectivity index (χ0v) is 12.1. The summed E-state index contributed by atoms with van der Waals surface area (Å²) in [5.74, 6) is 0. The van der Waals surface area contributed by atoms with Crippen LogP contribution in [0.3, 0.4) is 0 Å². The maximum Gasteiger partial charge on any atom is 0.175 e. The molecule has 2 N–H and O–H groups in total. The maximum atomic E-state index is 12.0. The number of benzene rings is 1. The molecule has 1 aromatic rings. The molecule has 0 unspecified atom stereocenters. The lowest BCUT2D eigenvalue weighted by molar-refractivity contribution is 0.450. The minimum atomic E-state index is -3.23. The maximum absolute atomic E-state index is 12.0. The van der Waals surface area contributed by atoms with Gasteiger partial charge in [0.2, 0.25) is 0 Å². The molecule has 0 amide bonds. The second-order valence-electron chi connectivity index (χ2n) is 5.57. The lowest BCUT2D eigenvalue weighted by atomic mass is 9.87. The summed E-state index contributed by atoms with van der Waals surface area (Å²) < 4.78 is 23.9. The van der Waals surface area contributed by atoms with Crippen LogP contribution in [0, 0.1) is 13.8 Å². The number of hydrogen-bond donors (Lipinski definition) is 1. The Morgan fingerprint density at radius 2 is 1.61 bits per heavy atom. The Hall–Kier alpha value is -0.870. The van der Waals surface area contributed by atoms with E-state index in [1.807, 2.05) is 19.9 Å². The highest BCUT2D eigenvalue weighted by molar-refractivity contribution is 7.90. The molecule has 0 aliphatic heterocycles. The zero-order valence-electron chi connectivity index (χ0n) is 11.3. The lowest BCUT2D eigenvalue weighted by Crippen LogP contribution is -2.35. The average Bonchev–Trinajstić information content (AvgIpc) is 2.68. The van der Waals surface area contributed by atoms with Gasteiger partial charge < -0.3 is 5.73 Å². The smallest absolute Gasteiger partial charge is 0.175 e. The average molecular weight is 267 g/mol. The Bertz CT molecular complexity index is 570. The highest BCUT2D eigenvalue weighted by atomic mass is 32.2. The quantitative estimate of drug-likeness (QED) is 0.895. The van der Waals surface area contributed by atoms with Crippen LogP contribution in [-0.4, -0.2) is 14.7 Å². The van der Waals surface area contributed by atoms with Crippen molar-refractivity contribution in [2.24, 2.45) is 5.73 Å². The molecule has 18 heavy (non-hydrogen) atoms. The molecular weight excluding hydrogens is 246 g/mol. The van der Waals surface area contributed by atoms with Crippen molar-refractivity contribution < 1.29 is 8.42 Å². The van der Waals surface area contributed by atoms with E-state index in [1.54, 1.807) is 6.07 Å². The first kappa shape index (κ1) is 13.6. The molecule has 0 saturated heterocycles. The van der Waals surface area contributed by atoms with Gasteiger partial charge >= 0.3 is 0 Å². The predicted octanol–water partition coefficient (Wildman–Crippen LogP) is 2.43. The summed E-state index contributed by atoms with van der Waals surface area (Å²) in [6.45, 7) is 3.94. The molecule has 0 radical (unpaired) electrons. The predicted molar refractivity (Wildman–Crippen MR) is 73.4 cm³/mol. The number of sulfone groups is 1. The van der Waals surface area contributed by atoms with Crippen molar-refractivity contribution in [2.75, 3.05) is 6.26 Å². The summed E-state index contributed by atoms with van der Waals surface area (Å²) in [6, 6.07) is 3.74. The molecule has 1 fully saturated rings. The third kappa shape index (κ3) is 2.31. The van der Waals surface area contributed by atoms with Gasteiger partial charge in [-0.3, -0.25) is 0 Å². The van der Waals surface area contributed by atoms with Crippen molar-refractivity contribution in [3.8, 4) is 0 Å². The van der Waals surface area contributed by atoms with Crippen LogP contribution >= 0.6 is 0 Å². The van der Waals surface area contributed by atoms with Crippen LogP contribution in [0.15, 0.2) is 17.0 Å². The van der Waals surface area contributed by atoms with E-state index < -0.39 is 15.4 Å². The van der Waals surface area contributed by atoms with Crippen LogP contribution in [0.4, 0.5) is 0 Å². The molecule has 1 aliphatic rings. The van der Waals surface area contributed by atoms with Gasteiger partial charge in [-0.25, -0.2) is 8.42 Å². The normalized spacial score (nSPS) is 19.1. The second kappa shape index (κ2) is 4.35. The van der Waals surface area contributed by atoms with Crippen molar-refractivity contribution in [2.45, 2.75) is 50.0 Å². The van der Waals surface area contributed by atoms with Crippen LogP contribution in [0.1, 0.15) is 42.4 Å². The first-order chi connectivity index (χ1) is 8.24. The minimum Gasteiger partial charge on any atom is -0.321 e. The third-order valence-corrected chi connectivity index (χ3v) is 5.16. The fraction of sp³-hybridized carbons (Fsp3) is 0.571. The van der Waals surface area contributed by atoms with Crippen LogP contribution in [0.25, 0.3) is 0 Å². The van der Waals surface area contributed by atoms with Crippen molar-refractivity contribution in [3.05, 3.63) is 28.8 Å². The van der Waals surface area contributed by atoms with Gasteiger partial charge in [0, 0.05) is 11.8 Å². The van der Waals surface area contributed by atoms with Gasteiger partial charge in [0.1, 0.15) is 0 Å². The Morgan fingerprint density at radius 1 is 1.11 bits per heavy atom. The first-order valence-electron chi connectivity index (χ1n) is 6.35. The summed E-state index contributed by atoms with van der Waals surface area (Å²) in [6.07, 6.45) is 5.16. The molecule has 100 valence electrons. The molecule has 2 rings (SSSR count). The van der Waals surface area contributed by atoms with Gasteiger partial charge in [0.15, 0.2) is 9.84 Å². The van der Waals surface area contributed by atoms with E-state index in [0.717, 1.165) is 42.4 Å². The summed E-state index contributed by atoms with van der Waals surface area (Å²) in [5, 5.41) is 0. The summed E-state index contributed by atoms with van der Waals surface area (Å²) in [7, 11) is -3.23. The van der Waals surface area contributed by atoms with Gasteiger partial charge in [-0.15, -0.1) is 0 Å². The van der Waals surface area contributed by atoms with Crippen molar-refractivity contribution in [3.63, 3.8) is 0 Å². The number of rotatable bonds is 2. The van der Waals surface area contributed by atoms with E-state index in [0.29, 0.717) is 4.90 Å². The van der Waals surface area contributed by atoms with Crippen LogP contribution < -0.4 is 5.73 Å². The van der Waals surface area contributed by atoms with Crippen molar-refractivity contribution >= 4 is 9.84 Å². The Labute approximate surface area is 109 Å². The Kier molecular flexibility index (Phi) is 3.28. The summed E-state index contributed by atoms with van der Waals surface area (Å²) in [5.41, 5.74) is 8.89. The zero-order chi connectivity index (χ0) is 13.6. The lowest BCUT2D eigenvalue weighted by Gasteiger charge is -2.27. The summed E-state index contributed by atoms with van der Waals surface area (Å²) >= 11 is 0. The van der Waals surface area contributed by atoms with E-state index in [1.165, 1.54) is 6.26 Å². The van der Waals surface area contributed by atoms with Crippen molar-refractivity contribution in [1.82, 2.24) is 0 Å². The van der Waals surface area contributed by atoms with E-state index in [2.05, 4.69) is 0 Å². The molecular formula is C14H21NO2S. The van der Waals surface area contributed by atoms with Gasteiger partial charge in [-0.1, -0.05) is 18.9 Å². The molecule has 0 bridgehead atoms. The SMILES string of the molecule is Cc1cc(C2(N)CCCC2)c(S(C)(=O)=O)cc1C. The fourth-order valence-corrected chi connectivity index (χ4v) is 3.81. The van der Waals surface area contributed by atoms with Crippen LogP contribution in [0.2, 0.25) is 0 Å². The molecule has 1 aromatic carbocycles. The fourth-order valence-electron chi connectivity index (χ4n) is 2.76. The van der Waals surface area contributed by atoms with Gasteiger partial charge in [-0.05, 0) is 49.4 Å². The molecule has 0 heterocycles. The number of nitrogens with two attached hydrogens (primary N) is 1. The number of hydrogen-bond acceptors (Lipinski definition) is 3. The molecule has 0 atom stereocenters. The largest absolute Gasteiger partial charge is 0.321 e. The number of aryl methyl sites for hydroxylation is 2. The molecule has 0 spiro atoms. The van der Waals surface area contributed by atoms with Gasteiger partial charge in [0.05, 0.1) is 4.90 Å². The van der Waals surface area contributed by atoms with Crippen LogP contribution in [-0.2, 0) is 15.4 Å². The Balaban J connectivity index is 2.69. The monoisotopic (exact) mass is 267 g/mol. The molecule has 1 saturated carbocycles. The Morgan fingerprint density at radius 3 is 2.11 bits per heavy atom. The van der Waals surface area contributed by atoms with Gasteiger partial charge in [0.25, 0.3) is 0 Å². The second-order valence-corrected chi connectivity index (χ2v) is 7.55. The minimum absolute atomic E-state index is 0.412. The first-order valence-corrected chi connectivity index (χ1v) is 8.24. The topological polar surface area (TPSA) is 60.2 Å². The van der Waals surface area contributed by atoms with E-state index in [9.17, 15) is 8.42 Å².